The third-order valence-electron chi connectivity index (χ3n) is 4.89. The lowest BCUT2D eigenvalue weighted by Gasteiger charge is -2.24. The van der Waals surface area contributed by atoms with Crippen molar-refractivity contribution in [1.29, 1.82) is 0 Å². The standard InChI is InChI=1S/C24H23F4N3O2S/c1-16(2)31(34(33)21-8-4-7-20(25)12-21)15-23(32)30-13-17-5-3-6-18(11-17)22-10-9-19(14-29-22)24(26,27)28/h3-12,14,16H,13,15H2,1-2H3,(H,30,32). The van der Waals surface area contributed by atoms with Gasteiger partial charge in [0.1, 0.15) is 16.8 Å². The van der Waals surface area contributed by atoms with Gasteiger partial charge in [-0.25, -0.2) is 12.9 Å². The van der Waals surface area contributed by atoms with E-state index in [9.17, 15) is 26.6 Å². The number of hydrogen-bond donors (Lipinski definition) is 1. The summed E-state index contributed by atoms with van der Waals surface area (Å²) in [5.41, 5.74) is 0.869. The van der Waals surface area contributed by atoms with Crippen molar-refractivity contribution in [3.8, 4) is 11.3 Å². The van der Waals surface area contributed by atoms with Crippen LogP contribution in [0.15, 0.2) is 71.8 Å². The van der Waals surface area contributed by atoms with Crippen LogP contribution in [0.5, 0.6) is 0 Å². The first kappa shape index (κ1) is 25.5. The molecule has 5 nitrogen and oxygen atoms in total. The normalized spacial score (nSPS) is 12.7. The Balaban J connectivity index is 1.64. The van der Waals surface area contributed by atoms with Crippen LogP contribution in [0.2, 0.25) is 0 Å². The van der Waals surface area contributed by atoms with E-state index in [0.29, 0.717) is 11.3 Å². The Morgan fingerprint density at radius 3 is 2.44 bits per heavy atom. The number of carbonyl (C=O) groups excluding carboxylic acids is 1. The summed E-state index contributed by atoms with van der Waals surface area (Å²) in [5, 5.41) is 2.75. The van der Waals surface area contributed by atoms with E-state index in [4.69, 9.17) is 0 Å². The van der Waals surface area contributed by atoms with Crippen molar-refractivity contribution in [2.24, 2.45) is 0 Å². The van der Waals surface area contributed by atoms with Gasteiger partial charge >= 0.3 is 6.18 Å². The summed E-state index contributed by atoms with van der Waals surface area (Å²) in [6, 6.07) is 14.3. The molecule has 1 unspecified atom stereocenters. The Bertz CT molecular complexity index is 1170. The number of halogens is 4. The minimum Gasteiger partial charge on any atom is -0.351 e. The number of rotatable bonds is 8. The van der Waals surface area contributed by atoms with Crippen LogP contribution in [-0.2, 0) is 28.5 Å². The summed E-state index contributed by atoms with van der Waals surface area (Å²) in [4.78, 5) is 16.7. The first-order valence-electron chi connectivity index (χ1n) is 10.4. The first-order valence-corrected chi connectivity index (χ1v) is 11.5. The number of hydrogen-bond acceptors (Lipinski definition) is 3. The zero-order chi connectivity index (χ0) is 24.9. The number of pyridine rings is 1. The Labute approximate surface area is 197 Å². The van der Waals surface area contributed by atoms with E-state index in [-0.39, 0.29) is 29.9 Å². The molecule has 0 fully saturated rings. The Morgan fingerprint density at radius 2 is 1.82 bits per heavy atom. The monoisotopic (exact) mass is 493 g/mol. The second-order valence-electron chi connectivity index (χ2n) is 7.78. The highest BCUT2D eigenvalue weighted by atomic mass is 32.2. The van der Waals surface area contributed by atoms with Crippen molar-refractivity contribution in [1.82, 2.24) is 14.6 Å². The van der Waals surface area contributed by atoms with Crippen LogP contribution in [0, 0.1) is 5.82 Å². The number of nitrogens with one attached hydrogen (secondary N) is 1. The van der Waals surface area contributed by atoms with E-state index >= 15 is 0 Å². The molecule has 0 saturated carbocycles. The molecule has 1 atom stereocenters. The third kappa shape index (κ3) is 6.71. The van der Waals surface area contributed by atoms with Gasteiger partial charge in [-0.05, 0) is 55.8 Å². The van der Waals surface area contributed by atoms with Crippen molar-refractivity contribution in [3.63, 3.8) is 0 Å². The molecular weight excluding hydrogens is 470 g/mol. The van der Waals surface area contributed by atoms with Gasteiger partial charge in [-0.15, -0.1) is 0 Å². The van der Waals surface area contributed by atoms with E-state index < -0.39 is 28.5 Å². The SMILES string of the molecule is CC(C)N(CC(=O)NCc1cccc(-c2ccc(C(F)(F)F)cn2)c1)S(=O)c1cccc(F)c1. The second-order valence-corrected chi connectivity index (χ2v) is 9.22. The van der Waals surface area contributed by atoms with E-state index in [0.717, 1.165) is 17.8 Å². The minimum atomic E-state index is -4.46. The zero-order valence-electron chi connectivity index (χ0n) is 18.5. The molecule has 1 N–H and O–H groups in total. The van der Waals surface area contributed by atoms with Gasteiger partial charge < -0.3 is 5.32 Å². The smallest absolute Gasteiger partial charge is 0.351 e. The molecule has 3 rings (SSSR count). The molecule has 1 amide bonds. The molecule has 180 valence electrons. The largest absolute Gasteiger partial charge is 0.417 e. The number of amides is 1. The average Bonchev–Trinajstić information content (AvgIpc) is 2.80. The van der Waals surface area contributed by atoms with Crippen LogP contribution >= 0.6 is 0 Å². The van der Waals surface area contributed by atoms with Crippen LogP contribution in [0.3, 0.4) is 0 Å². The second kappa shape index (κ2) is 10.9. The van der Waals surface area contributed by atoms with Crippen LogP contribution in [-0.4, -0.2) is 32.0 Å². The molecular formula is C24H23F4N3O2S. The molecule has 34 heavy (non-hydrogen) atoms. The summed E-state index contributed by atoms with van der Waals surface area (Å²) < 4.78 is 66.0. The number of carbonyl (C=O) groups is 1. The highest BCUT2D eigenvalue weighted by Crippen LogP contribution is 2.29. The van der Waals surface area contributed by atoms with Gasteiger partial charge in [0.15, 0.2) is 0 Å². The zero-order valence-corrected chi connectivity index (χ0v) is 19.3. The summed E-state index contributed by atoms with van der Waals surface area (Å²) in [6.45, 7) is 3.56. The molecule has 0 aliphatic heterocycles. The van der Waals surface area contributed by atoms with Crippen molar-refractivity contribution in [2.45, 2.75) is 37.5 Å². The van der Waals surface area contributed by atoms with Gasteiger partial charge in [0.2, 0.25) is 5.91 Å². The maximum absolute atomic E-state index is 13.5. The summed E-state index contributed by atoms with van der Waals surface area (Å²) in [5.74, 6) is -0.891. The Hall–Kier alpha value is -3.11. The fraction of sp³-hybridized carbons (Fsp3) is 0.250. The number of nitrogens with zero attached hydrogens (tertiary/aromatic N) is 2. The quantitative estimate of drug-likeness (QED) is 0.452. The predicted molar refractivity (Wildman–Crippen MR) is 121 cm³/mol. The van der Waals surface area contributed by atoms with Crippen molar-refractivity contribution in [3.05, 3.63) is 83.8 Å². The van der Waals surface area contributed by atoms with Crippen LogP contribution in [0.25, 0.3) is 11.3 Å². The molecule has 0 spiro atoms. The summed E-state index contributed by atoms with van der Waals surface area (Å²) in [7, 11) is -1.72. The minimum absolute atomic E-state index is 0.159. The fourth-order valence-corrected chi connectivity index (χ4v) is 4.41. The highest BCUT2D eigenvalue weighted by Gasteiger charge is 2.30. The molecule has 2 aromatic carbocycles. The van der Waals surface area contributed by atoms with Crippen LogP contribution in [0.4, 0.5) is 17.6 Å². The molecule has 0 aliphatic carbocycles. The van der Waals surface area contributed by atoms with Gasteiger partial charge in [-0.3, -0.25) is 9.78 Å². The van der Waals surface area contributed by atoms with Gasteiger partial charge in [0, 0.05) is 24.3 Å². The number of alkyl halides is 3. The van der Waals surface area contributed by atoms with Gasteiger partial charge in [0.05, 0.1) is 22.7 Å². The molecule has 10 heteroatoms. The van der Waals surface area contributed by atoms with Gasteiger partial charge in [-0.1, -0.05) is 24.3 Å². The topological polar surface area (TPSA) is 62.3 Å². The van der Waals surface area contributed by atoms with Crippen molar-refractivity contribution in [2.75, 3.05) is 6.54 Å². The Morgan fingerprint density at radius 1 is 1.09 bits per heavy atom. The Kier molecular flexibility index (Phi) is 8.16. The maximum atomic E-state index is 13.5. The lowest BCUT2D eigenvalue weighted by Crippen LogP contribution is -2.41. The first-order chi connectivity index (χ1) is 16.0. The fourth-order valence-electron chi connectivity index (χ4n) is 3.11. The van der Waals surface area contributed by atoms with E-state index in [1.54, 1.807) is 38.1 Å². The van der Waals surface area contributed by atoms with E-state index in [1.165, 1.54) is 34.6 Å². The maximum Gasteiger partial charge on any atom is 0.417 e. The lowest BCUT2D eigenvalue weighted by molar-refractivity contribution is -0.137. The van der Waals surface area contributed by atoms with Crippen LogP contribution < -0.4 is 5.32 Å². The molecule has 0 radical (unpaired) electrons. The van der Waals surface area contributed by atoms with Crippen LogP contribution in [0.1, 0.15) is 25.0 Å². The third-order valence-corrected chi connectivity index (χ3v) is 6.52. The summed E-state index contributed by atoms with van der Waals surface area (Å²) >= 11 is 0. The van der Waals surface area contributed by atoms with E-state index in [1.807, 2.05) is 0 Å². The molecule has 0 saturated heterocycles. The molecule has 1 heterocycles. The summed E-state index contributed by atoms with van der Waals surface area (Å²) in [6.07, 6.45) is -3.68. The van der Waals surface area contributed by atoms with Gasteiger partial charge in [-0.2, -0.15) is 13.2 Å². The highest BCUT2D eigenvalue weighted by molar-refractivity contribution is 7.82. The van der Waals surface area contributed by atoms with Crippen molar-refractivity contribution < 1.29 is 26.6 Å². The van der Waals surface area contributed by atoms with Crippen molar-refractivity contribution >= 4 is 16.9 Å². The van der Waals surface area contributed by atoms with Gasteiger partial charge in [0.25, 0.3) is 0 Å². The predicted octanol–water partition coefficient (Wildman–Crippen LogP) is 4.96. The lowest BCUT2D eigenvalue weighted by atomic mass is 10.1. The average molecular weight is 494 g/mol. The molecule has 0 bridgehead atoms. The molecule has 1 aromatic heterocycles. The molecule has 0 aliphatic rings. The molecule has 3 aromatic rings. The number of aromatic nitrogens is 1. The number of benzene rings is 2. The van der Waals surface area contributed by atoms with E-state index in [2.05, 4.69) is 10.3 Å².